The first kappa shape index (κ1) is 11.1. The molecule has 0 unspecified atom stereocenters. The Bertz CT molecular complexity index is 187. The van der Waals surface area contributed by atoms with E-state index in [0.29, 0.717) is 0 Å². The third kappa shape index (κ3) is 5.86. The molecule has 0 radical (unpaired) electrons. The van der Waals surface area contributed by atoms with Gasteiger partial charge in [-0.3, -0.25) is 0 Å². The molecule has 1 nitrogen and oxygen atoms in total. The Kier molecular flexibility index (Phi) is 6.29. The minimum Gasteiger partial charge on any atom is -0.317 e. The summed E-state index contributed by atoms with van der Waals surface area (Å²) in [5.41, 5.74) is 0.878. The molecule has 12 heavy (non-hydrogen) atoms. The molecule has 0 aliphatic carbocycles. The smallest absolute Gasteiger partial charge is 0.116 e. The molecule has 0 aliphatic heterocycles. The van der Waals surface area contributed by atoms with Gasteiger partial charge < -0.3 is 5.32 Å². The Balaban J connectivity index is 0. The second kappa shape index (κ2) is 6.80. The topological polar surface area (TPSA) is 12.0 Å². The number of nitrogens with one attached hydrogen (secondary N) is 1. The highest BCUT2D eigenvalue weighted by molar-refractivity contribution is 5.24. The summed E-state index contributed by atoms with van der Waals surface area (Å²) >= 11 is 0. The van der Waals surface area contributed by atoms with E-state index in [1.807, 2.05) is 6.92 Å². The van der Waals surface area contributed by atoms with Gasteiger partial charge in [0.05, 0.1) is 0 Å². The molecule has 0 aliphatic rings. The van der Waals surface area contributed by atoms with Crippen LogP contribution in [0.15, 0.2) is 36.7 Å². The third-order valence-electron chi connectivity index (χ3n) is 1.44. The summed E-state index contributed by atoms with van der Waals surface area (Å²) < 4.78 is 12.3. The minimum atomic E-state index is -0.415. The molecule has 70 valence electrons. The Morgan fingerprint density at radius 3 is 2.75 bits per heavy atom. The maximum atomic E-state index is 12.3. The SMILES string of the molecule is C=C/C(=C\C(=C)F)CCNCC.[HH]. The summed E-state index contributed by atoms with van der Waals surface area (Å²) in [6, 6.07) is 0. The van der Waals surface area contributed by atoms with Crippen molar-refractivity contribution in [3.05, 3.63) is 36.7 Å². The van der Waals surface area contributed by atoms with Crippen molar-refractivity contribution < 1.29 is 5.82 Å². The van der Waals surface area contributed by atoms with Gasteiger partial charge in [-0.05, 0) is 31.2 Å². The molecule has 0 amide bonds. The molecule has 0 aromatic carbocycles. The van der Waals surface area contributed by atoms with Gasteiger partial charge in [-0.25, -0.2) is 4.39 Å². The van der Waals surface area contributed by atoms with Crippen molar-refractivity contribution >= 4 is 0 Å². The van der Waals surface area contributed by atoms with E-state index in [4.69, 9.17) is 0 Å². The van der Waals surface area contributed by atoms with Gasteiger partial charge in [0.15, 0.2) is 0 Å². The van der Waals surface area contributed by atoms with Crippen molar-refractivity contribution in [1.29, 1.82) is 0 Å². The van der Waals surface area contributed by atoms with Crippen molar-refractivity contribution in [1.82, 2.24) is 5.32 Å². The Morgan fingerprint density at radius 1 is 1.67 bits per heavy atom. The number of rotatable bonds is 6. The highest BCUT2D eigenvalue weighted by Crippen LogP contribution is 2.06. The zero-order valence-electron chi connectivity index (χ0n) is 7.57. The van der Waals surface area contributed by atoms with E-state index in [9.17, 15) is 4.39 Å². The van der Waals surface area contributed by atoms with Crippen LogP contribution in [0, 0.1) is 0 Å². The van der Waals surface area contributed by atoms with Crippen molar-refractivity contribution in [3.8, 4) is 0 Å². The first-order valence-corrected chi connectivity index (χ1v) is 4.08. The Labute approximate surface area is 75.2 Å². The molecular weight excluding hydrogens is 153 g/mol. The molecule has 0 atom stereocenters. The lowest BCUT2D eigenvalue weighted by molar-refractivity contribution is 0.666. The average Bonchev–Trinajstić information content (AvgIpc) is 2.02. The van der Waals surface area contributed by atoms with Gasteiger partial charge in [-0.1, -0.05) is 26.2 Å². The quantitative estimate of drug-likeness (QED) is 0.478. The van der Waals surface area contributed by atoms with E-state index in [0.717, 1.165) is 25.1 Å². The van der Waals surface area contributed by atoms with Crippen LogP contribution in [-0.4, -0.2) is 13.1 Å². The molecular formula is C10H18FN. The second-order valence-corrected chi connectivity index (χ2v) is 2.47. The Hall–Kier alpha value is -0.890. The summed E-state index contributed by atoms with van der Waals surface area (Å²) in [5, 5.41) is 3.15. The summed E-state index contributed by atoms with van der Waals surface area (Å²) in [6.07, 6.45) is 3.85. The summed E-state index contributed by atoms with van der Waals surface area (Å²) in [6.45, 7) is 10.6. The number of halogens is 1. The molecule has 0 aromatic rings. The van der Waals surface area contributed by atoms with E-state index in [2.05, 4.69) is 18.5 Å². The fraction of sp³-hybridized carbons (Fsp3) is 0.400. The van der Waals surface area contributed by atoms with Gasteiger partial charge in [0.1, 0.15) is 5.83 Å². The second-order valence-electron chi connectivity index (χ2n) is 2.47. The van der Waals surface area contributed by atoms with E-state index >= 15 is 0 Å². The average molecular weight is 171 g/mol. The number of hydrogen-bond donors (Lipinski definition) is 1. The van der Waals surface area contributed by atoms with Crippen LogP contribution in [-0.2, 0) is 0 Å². The van der Waals surface area contributed by atoms with Crippen LogP contribution in [0.4, 0.5) is 4.39 Å². The van der Waals surface area contributed by atoms with Crippen molar-refractivity contribution in [2.75, 3.05) is 13.1 Å². The van der Waals surface area contributed by atoms with Gasteiger partial charge in [-0.2, -0.15) is 0 Å². The molecule has 0 bridgehead atoms. The minimum absolute atomic E-state index is 0. The molecule has 0 spiro atoms. The summed E-state index contributed by atoms with van der Waals surface area (Å²) in [7, 11) is 0. The molecule has 0 saturated carbocycles. The predicted molar refractivity (Wildman–Crippen MR) is 53.8 cm³/mol. The van der Waals surface area contributed by atoms with Gasteiger partial charge in [0.25, 0.3) is 0 Å². The normalized spacial score (nSPS) is 11.3. The van der Waals surface area contributed by atoms with Gasteiger partial charge in [0, 0.05) is 1.43 Å². The molecule has 2 heteroatoms. The van der Waals surface area contributed by atoms with Crippen molar-refractivity contribution in [2.24, 2.45) is 0 Å². The van der Waals surface area contributed by atoms with E-state index in [-0.39, 0.29) is 1.43 Å². The van der Waals surface area contributed by atoms with Crippen LogP contribution in [0.5, 0.6) is 0 Å². The maximum Gasteiger partial charge on any atom is 0.116 e. The lowest BCUT2D eigenvalue weighted by atomic mass is 10.1. The Morgan fingerprint density at radius 2 is 2.33 bits per heavy atom. The van der Waals surface area contributed by atoms with Gasteiger partial charge >= 0.3 is 0 Å². The number of allylic oxidation sites excluding steroid dienone is 3. The van der Waals surface area contributed by atoms with Crippen LogP contribution in [0.2, 0.25) is 0 Å². The fourth-order valence-corrected chi connectivity index (χ4v) is 0.844. The van der Waals surface area contributed by atoms with E-state index in [1.165, 1.54) is 6.08 Å². The van der Waals surface area contributed by atoms with Crippen molar-refractivity contribution in [3.63, 3.8) is 0 Å². The molecule has 0 saturated heterocycles. The monoisotopic (exact) mass is 171 g/mol. The van der Waals surface area contributed by atoms with Gasteiger partial charge in [0.2, 0.25) is 0 Å². The highest BCUT2D eigenvalue weighted by Gasteiger charge is 1.92. The maximum absolute atomic E-state index is 12.3. The standard InChI is InChI=1S/C10H16FN.H2/c1-4-10(8-9(3)11)6-7-12-5-2;/h4,8,12H,1,3,5-7H2,2H3;1H/b10-8+;. The summed E-state index contributed by atoms with van der Waals surface area (Å²) in [4.78, 5) is 0. The molecule has 0 heterocycles. The zero-order chi connectivity index (χ0) is 9.40. The van der Waals surface area contributed by atoms with E-state index in [1.54, 1.807) is 6.08 Å². The highest BCUT2D eigenvalue weighted by atomic mass is 19.1. The van der Waals surface area contributed by atoms with Crippen LogP contribution in [0.3, 0.4) is 0 Å². The summed E-state index contributed by atoms with van der Waals surface area (Å²) in [5.74, 6) is -0.415. The van der Waals surface area contributed by atoms with Crippen LogP contribution < -0.4 is 5.32 Å². The number of hydrogen-bond acceptors (Lipinski definition) is 1. The third-order valence-corrected chi connectivity index (χ3v) is 1.44. The van der Waals surface area contributed by atoms with Crippen LogP contribution in [0.1, 0.15) is 14.8 Å². The van der Waals surface area contributed by atoms with Crippen molar-refractivity contribution in [2.45, 2.75) is 13.3 Å². The molecule has 1 N–H and O–H groups in total. The van der Waals surface area contributed by atoms with E-state index < -0.39 is 5.83 Å². The van der Waals surface area contributed by atoms with Crippen LogP contribution in [0.25, 0.3) is 0 Å². The zero-order valence-corrected chi connectivity index (χ0v) is 7.57. The lowest BCUT2D eigenvalue weighted by Gasteiger charge is -2.01. The first-order chi connectivity index (χ1) is 5.70. The first-order valence-electron chi connectivity index (χ1n) is 4.08. The largest absolute Gasteiger partial charge is 0.317 e. The fourth-order valence-electron chi connectivity index (χ4n) is 0.844. The molecule has 0 rings (SSSR count). The molecule has 0 fully saturated rings. The molecule has 0 aromatic heterocycles. The predicted octanol–water partition coefficient (Wildman–Crippen LogP) is 2.83. The van der Waals surface area contributed by atoms with Gasteiger partial charge in [-0.15, -0.1) is 0 Å². The van der Waals surface area contributed by atoms with Crippen LogP contribution >= 0.6 is 0 Å². The lowest BCUT2D eigenvalue weighted by Crippen LogP contribution is -2.14.